The largest absolute Gasteiger partial charge is 0.467 e. The fourth-order valence-corrected chi connectivity index (χ4v) is 1.03. The van der Waals surface area contributed by atoms with E-state index in [1.54, 1.807) is 20.8 Å². The number of hydrogen-bond acceptors (Lipinski definition) is 5. The van der Waals surface area contributed by atoms with E-state index < -0.39 is 29.8 Å². The molecular weight excluding hydrogens is 226 g/mol. The Bertz CT molecular complexity index is 284. The van der Waals surface area contributed by atoms with Crippen LogP contribution in [-0.4, -0.2) is 54.0 Å². The number of aliphatic hydroxyl groups is 1. The second-order valence-corrected chi connectivity index (χ2v) is 4.80. The molecule has 0 radical (unpaired) electrons. The van der Waals surface area contributed by atoms with Crippen LogP contribution in [-0.2, 0) is 14.3 Å². The lowest BCUT2D eigenvalue weighted by atomic mass is 10.1. The third-order valence-corrected chi connectivity index (χ3v) is 2.19. The van der Waals surface area contributed by atoms with Crippen LogP contribution in [0.15, 0.2) is 0 Å². The molecule has 0 bridgehead atoms. The fourth-order valence-electron chi connectivity index (χ4n) is 1.03. The van der Waals surface area contributed by atoms with Crippen LogP contribution in [0.25, 0.3) is 0 Å². The third kappa shape index (κ3) is 5.04. The number of esters is 1. The highest BCUT2D eigenvalue weighted by atomic mass is 16.6. The first kappa shape index (κ1) is 15.7. The third-order valence-electron chi connectivity index (χ3n) is 2.19. The molecule has 1 amide bonds. The summed E-state index contributed by atoms with van der Waals surface area (Å²) in [6, 6.07) is -0.725. The summed E-state index contributed by atoms with van der Waals surface area (Å²) in [6.07, 6.45) is -1.99. The van der Waals surface area contributed by atoms with Gasteiger partial charge in [-0.1, -0.05) is 0 Å². The molecule has 0 fully saturated rings. The second kappa shape index (κ2) is 5.86. The highest BCUT2D eigenvalue weighted by Crippen LogP contribution is 2.12. The predicted molar refractivity (Wildman–Crippen MR) is 61.5 cm³/mol. The normalized spacial score (nSPS) is 14.8. The van der Waals surface area contributed by atoms with Gasteiger partial charge < -0.3 is 19.5 Å². The van der Waals surface area contributed by atoms with E-state index in [4.69, 9.17) is 4.74 Å². The number of rotatable bonds is 3. The van der Waals surface area contributed by atoms with Crippen LogP contribution in [0.1, 0.15) is 27.7 Å². The molecule has 6 heteroatoms. The van der Waals surface area contributed by atoms with Gasteiger partial charge in [-0.2, -0.15) is 0 Å². The van der Waals surface area contributed by atoms with Crippen molar-refractivity contribution in [2.75, 3.05) is 14.2 Å². The molecule has 17 heavy (non-hydrogen) atoms. The van der Waals surface area contributed by atoms with Crippen molar-refractivity contribution in [2.24, 2.45) is 0 Å². The highest BCUT2D eigenvalue weighted by Gasteiger charge is 2.31. The summed E-state index contributed by atoms with van der Waals surface area (Å²) in [5.41, 5.74) is -0.624. The minimum absolute atomic E-state index is 0.604. The summed E-state index contributed by atoms with van der Waals surface area (Å²) < 4.78 is 9.50. The minimum atomic E-state index is -1.39. The van der Waals surface area contributed by atoms with E-state index in [-0.39, 0.29) is 0 Å². The van der Waals surface area contributed by atoms with Gasteiger partial charge in [0.15, 0.2) is 6.10 Å². The Kier molecular flexibility index (Phi) is 5.41. The number of ether oxygens (including phenoxy) is 2. The van der Waals surface area contributed by atoms with Crippen LogP contribution < -0.4 is 0 Å². The zero-order chi connectivity index (χ0) is 13.8. The van der Waals surface area contributed by atoms with Gasteiger partial charge in [-0.25, -0.2) is 9.59 Å². The topological polar surface area (TPSA) is 76.1 Å². The number of aliphatic hydroxyl groups excluding tert-OH is 1. The zero-order valence-electron chi connectivity index (χ0n) is 11.2. The molecule has 0 aromatic rings. The summed E-state index contributed by atoms with van der Waals surface area (Å²) in [6.45, 7) is 6.74. The molecule has 0 aliphatic rings. The van der Waals surface area contributed by atoms with E-state index in [1.807, 2.05) is 0 Å². The maximum Gasteiger partial charge on any atom is 0.410 e. The Labute approximate surface area is 101 Å². The summed E-state index contributed by atoms with van der Waals surface area (Å²) in [7, 11) is 2.62. The number of hydrogen-bond donors (Lipinski definition) is 1. The zero-order valence-corrected chi connectivity index (χ0v) is 11.2. The Morgan fingerprint density at radius 1 is 1.29 bits per heavy atom. The Morgan fingerprint density at radius 3 is 2.12 bits per heavy atom. The summed E-state index contributed by atoms with van der Waals surface area (Å²) in [5, 5.41) is 9.58. The van der Waals surface area contributed by atoms with Crippen LogP contribution >= 0.6 is 0 Å². The van der Waals surface area contributed by atoms with E-state index >= 15 is 0 Å². The van der Waals surface area contributed by atoms with Crippen molar-refractivity contribution in [1.29, 1.82) is 0 Å². The van der Waals surface area contributed by atoms with Crippen molar-refractivity contribution >= 4 is 12.1 Å². The number of amides is 1. The first-order valence-corrected chi connectivity index (χ1v) is 5.32. The standard InChI is InChI=1S/C11H21NO5/c1-7(8(13)9(14)16-6)12(5)10(15)17-11(2,3)4/h7-8,13H,1-6H3. The lowest BCUT2D eigenvalue weighted by Gasteiger charge is -2.30. The molecule has 6 nitrogen and oxygen atoms in total. The summed E-state index contributed by atoms with van der Waals surface area (Å²) in [5.74, 6) is -0.784. The van der Waals surface area contributed by atoms with Crippen molar-refractivity contribution in [3.8, 4) is 0 Å². The monoisotopic (exact) mass is 247 g/mol. The maximum atomic E-state index is 11.7. The molecule has 0 aliphatic heterocycles. The van der Waals surface area contributed by atoms with Gasteiger partial charge in [0.25, 0.3) is 0 Å². The number of likely N-dealkylation sites (N-methyl/N-ethyl adjacent to an activating group) is 1. The molecule has 0 aliphatic carbocycles. The number of nitrogens with zero attached hydrogens (tertiary/aromatic N) is 1. The second-order valence-electron chi connectivity index (χ2n) is 4.80. The van der Waals surface area contributed by atoms with Crippen LogP contribution in [0.3, 0.4) is 0 Å². The van der Waals surface area contributed by atoms with E-state index in [0.717, 1.165) is 4.90 Å². The number of carbonyl (C=O) groups excluding carboxylic acids is 2. The van der Waals surface area contributed by atoms with Gasteiger partial charge >= 0.3 is 12.1 Å². The van der Waals surface area contributed by atoms with Gasteiger partial charge in [0.05, 0.1) is 13.2 Å². The molecule has 0 saturated heterocycles. The fraction of sp³-hybridized carbons (Fsp3) is 0.818. The quantitative estimate of drug-likeness (QED) is 0.746. The molecule has 1 N–H and O–H groups in total. The van der Waals surface area contributed by atoms with Crippen LogP contribution in [0.4, 0.5) is 4.79 Å². The summed E-state index contributed by atoms with van der Waals surface area (Å²) in [4.78, 5) is 23.9. The lowest BCUT2D eigenvalue weighted by molar-refractivity contribution is -0.153. The average molecular weight is 247 g/mol. The first-order valence-electron chi connectivity index (χ1n) is 5.32. The van der Waals surface area contributed by atoms with Gasteiger partial charge in [-0.05, 0) is 27.7 Å². The lowest BCUT2D eigenvalue weighted by Crippen LogP contribution is -2.48. The van der Waals surface area contributed by atoms with Crippen molar-refractivity contribution in [1.82, 2.24) is 4.90 Å². The molecule has 0 heterocycles. The predicted octanol–water partition coefficient (Wildman–Crippen LogP) is 0.776. The van der Waals surface area contributed by atoms with E-state index in [1.165, 1.54) is 21.1 Å². The molecule has 0 aromatic carbocycles. The number of carbonyl (C=O) groups is 2. The smallest absolute Gasteiger partial charge is 0.410 e. The maximum absolute atomic E-state index is 11.7. The molecule has 2 atom stereocenters. The molecule has 0 saturated carbocycles. The van der Waals surface area contributed by atoms with Gasteiger partial charge in [-0.15, -0.1) is 0 Å². The van der Waals surface area contributed by atoms with E-state index in [2.05, 4.69) is 4.74 Å². The van der Waals surface area contributed by atoms with Gasteiger partial charge in [0, 0.05) is 7.05 Å². The van der Waals surface area contributed by atoms with Gasteiger partial charge in [0.1, 0.15) is 5.60 Å². The Balaban J connectivity index is 4.54. The van der Waals surface area contributed by atoms with Crippen molar-refractivity contribution in [3.63, 3.8) is 0 Å². The average Bonchev–Trinajstić information content (AvgIpc) is 2.22. The van der Waals surface area contributed by atoms with Crippen molar-refractivity contribution in [2.45, 2.75) is 45.4 Å². The molecule has 0 aromatic heterocycles. The van der Waals surface area contributed by atoms with E-state index in [9.17, 15) is 14.7 Å². The Hall–Kier alpha value is -1.30. The van der Waals surface area contributed by atoms with E-state index in [0.29, 0.717) is 0 Å². The van der Waals surface area contributed by atoms with Crippen molar-refractivity contribution in [3.05, 3.63) is 0 Å². The highest BCUT2D eigenvalue weighted by molar-refractivity contribution is 5.76. The Morgan fingerprint density at radius 2 is 1.76 bits per heavy atom. The summed E-state index contributed by atoms with van der Waals surface area (Å²) >= 11 is 0. The van der Waals surface area contributed by atoms with Gasteiger partial charge in [-0.3, -0.25) is 0 Å². The molecule has 100 valence electrons. The van der Waals surface area contributed by atoms with Crippen LogP contribution in [0.5, 0.6) is 0 Å². The van der Waals surface area contributed by atoms with Crippen LogP contribution in [0.2, 0.25) is 0 Å². The molecule has 2 unspecified atom stereocenters. The molecular formula is C11H21NO5. The number of methoxy groups -OCH3 is 1. The first-order chi connectivity index (χ1) is 7.60. The van der Waals surface area contributed by atoms with Crippen molar-refractivity contribution < 1.29 is 24.2 Å². The molecule has 0 rings (SSSR count). The molecule has 0 spiro atoms. The van der Waals surface area contributed by atoms with Crippen LogP contribution in [0, 0.1) is 0 Å². The minimum Gasteiger partial charge on any atom is -0.467 e. The SMILES string of the molecule is COC(=O)C(O)C(C)N(C)C(=O)OC(C)(C)C. The van der Waals surface area contributed by atoms with Gasteiger partial charge in [0.2, 0.25) is 0 Å².